The van der Waals surface area contributed by atoms with Gasteiger partial charge in [0.2, 0.25) is 0 Å². The highest BCUT2D eigenvalue weighted by molar-refractivity contribution is 14.0. The molecule has 1 aromatic rings. The number of likely N-dealkylation sites (tertiary alicyclic amines) is 1. The summed E-state index contributed by atoms with van der Waals surface area (Å²) in [6, 6.07) is 2.00. The van der Waals surface area contributed by atoms with E-state index < -0.39 is 0 Å². The van der Waals surface area contributed by atoms with Crippen LogP contribution in [-0.2, 0) is 13.6 Å². The summed E-state index contributed by atoms with van der Waals surface area (Å²) in [6.07, 6.45) is 3.09. The van der Waals surface area contributed by atoms with Crippen molar-refractivity contribution in [1.29, 1.82) is 0 Å². The van der Waals surface area contributed by atoms with Crippen LogP contribution in [-0.4, -0.2) is 53.4 Å². The van der Waals surface area contributed by atoms with Crippen LogP contribution in [0.2, 0.25) is 0 Å². The fraction of sp³-hybridized carbons (Fsp3) is 0.733. The molecule has 2 heterocycles. The maximum absolute atomic E-state index is 4.64. The van der Waals surface area contributed by atoms with Gasteiger partial charge in [0.05, 0.1) is 12.2 Å². The number of halogens is 1. The Labute approximate surface area is 150 Å². The van der Waals surface area contributed by atoms with E-state index in [4.69, 9.17) is 0 Å². The predicted molar refractivity (Wildman–Crippen MR) is 102 cm³/mol. The van der Waals surface area contributed by atoms with Gasteiger partial charge in [-0.2, -0.15) is 5.10 Å². The SMILES string of the molecule is CCNC(=NCc1ccnn1C)NCC1CCN(CC)C1.I. The third-order valence-corrected chi connectivity index (χ3v) is 4.04. The number of nitrogens with one attached hydrogen (secondary N) is 2. The molecule has 1 saturated heterocycles. The smallest absolute Gasteiger partial charge is 0.191 e. The summed E-state index contributed by atoms with van der Waals surface area (Å²) in [5, 5.41) is 10.9. The molecule has 0 aromatic carbocycles. The van der Waals surface area contributed by atoms with Gasteiger partial charge in [0, 0.05) is 32.9 Å². The zero-order valence-electron chi connectivity index (χ0n) is 13.9. The van der Waals surface area contributed by atoms with Gasteiger partial charge in [-0.1, -0.05) is 6.92 Å². The van der Waals surface area contributed by atoms with Crippen LogP contribution in [0, 0.1) is 5.92 Å². The quantitative estimate of drug-likeness (QED) is 0.416. The highest BCUT2D eigenvalue weighted by Gasteiger charge is 2.20. The van der Waals surface area contributed by atoms with Crippen molar-refractivity contribution in [1.82, 2.24) is 25.3 Å². The van der Waals surface area contributed by atoms with E-state index in [1.54, 1.807) is 0 Å². The van der Waals surface area contributed by atoms with Gasteiger partial charge in [-0.3, -0.25) is 4.68 Å². The lowest BCUT2D eigenvalue weighted by Crippen LogP contribution is -2.40. The lowest BCUT2D eigenvalue weighted by atomic mass is 10.1. The van der Waals surface area contributed by atoms with Crippen LogP contribution in [0.3, 0.4) is 0 Å². The number of aliphatic imine (C=N–C) groups is 1. The van der Waals surface area contributed by atoms with Gasteiger partial charge in [0.1, 0.15) is 0 Å². The number of nitrogens with zero attached hydrogens (tertiary/aromatic N) is 4. The van der Waals surface area contributed by atoms with Crippen LogP contribution in [0.25, 0.3) is 0 Å². The number of aromatic nitrogens is 2. The molecule has 1 aromatic heterocycles. The average molecular weight is 420 g/mol. The molecule has 7 heteroatoms. The van der Waals surface area contributed by atoms with Crippen LogP contribution in [0.4, 0.5) is 0 Å². The molecule has 0 bridgehead atoms. The molecule has 0 aliphatic carbocycles. The zero-order valence-corrected chi connectivity index (χ0v) is 16.2. The first-order chi connectivity index (χ1) is 10.2. The number of aryl methyl sites for hydroxylation is 1. The van der Waals surface area contributed by atoms with E-state index in [0.717, 1.165) is 37.2 Å². The number of rotatable bonds is 6. The standard InChI is InChI=1S/C15H28N6.HI/c1-4-16-15(18-11-14-6-8-19-20(14)3)17-10-13-7-9-21(5-2)12-13;/h6,8,13H,4-5,7,9-12H2,1-3H3,(H2,16,17,18);1H. The third-order valence-electron chi connectivity index (χ3n) is 4.04. The van der Waals surface area contributed by atoms with E-state index in [0.29, 0.717) is 6.54 Å². The largest absolute Gasteiger partial charge is 0.357 e. The molecule has 22 heavy (non-hydrogen) atoms. The summed E-state index contributed by atoms with van der Waals surface area (Å²) in [5.74, 6) is 1.62. The second-order valence-corrected chi connectivity index (χ2v) is 5.57. The zero-order chi connectivity index (χ0) is 15.1. The van der Waals surface area contributed by atoms with E-state index >= 15 is 0 Å². The Bertz CT molecular complexity index is 459. The molecule has 0 radical (unpaired) electrons. The summed E-state index contributed by atoms with van der Waals surface area (Å²) in [7, 11) is 1.95. The highest BCUT2D eigenvalue weighted by atomic mass is 127. The monoisotopic (exact) mass is 420 g/mol. The van der Waals surface area contributed by atoms with Crippen molar-refractivity contribution in [2.45, 2.75) is 26.8 Å². The first kappa shape index (κ1) is 19.2. The predicted octanol–water partition coefficient (Wildman–Crippen LogP) is 1.43. The average Bonchev–Trinajstić information content (AvgIpc) is 3.11. The molecule has 2 N–H and O–H groups in total. The van der Waals surface area contributed by atoms with Crippen molar-refractivity contribution in [3.05, 3.63) is 18.0 Å². The molecule has 0 amide bonds. The highest BCUT2D eigenvalue weighted by Crippen LogP contribution is 2.14. The molecule has 1 fully saturated rings. The van der Waals surface area contributed by atoms with E-state index in [1.807, 2.05) is 24.0 Å². The first-order valence-corrected chi connectivity index (χ1v) is 7.94. The topological polar surface area (TPSA) is 57.5 Å². The molecule has 0 spiro atoms. The fourth-order valence-electron chi connectivity index (χ4n) is 2.67. The van der Waals surface area contributed by atoms with Gasteiger partial charge in [-0.25, -0.2) is 4.99 Å². The maximum atomic E-state index is 4.64. The minimum atomic E-state index is 0. The third kappa shape index (κ3) is 5.75. The Kier molecular flexibility index (Phi) is 8.77. The van der Waals surface area contributed by atoms with Gasteiger partial charge in [0.25, 0.3) is 0 Å². The molecule has 1 unspecified atom stereocenters. The Balaban J connectivity index is 0.00000242. The van der Waals surface area contributed by atoms with Crippen LogP contribution < -0.4 is 10.6 Å². The van der Waals surface area contributed by atoms with E-state index in [2.05, 4.69) is 39.5 Å². The number of hydrogen-bond acceptors (Lipinski definition) is 3. The lowest BCUT2D eigenvalue weighted by Gasteiger charge is -2.16. The normalized spacial score (nSPS) is 19.0. The van der Waals surface area contributed by atoms with Crippen molar-refractivity contribution in [3.8, 4) is 0 Å². The number of hydrogen-bond donors (Lipinski definition) is 2. The summed E-state index contributed by atoms with van der Waals surface area (Å²) < 4.78 is 1.86. The summed E-state index contributed by atoms with van der Waals surface area (Å²) in [4.78, 5) is 7.14. The van der Waals surface area contributed by atoms with Gasteiger partial charge in [-0.05, 0) is 38.4 Å². The van der Waals surface area contributed by atoms with Crippen molar-refractivity contribution in [2.24, 2.45) is 18.0 Å². The van der Waals surface area contributed by atoms with Gasteiger partial charge in [-0.15, -0.1) is 24.0 Å². The van der Waals surface area contributed by atoms with Gasteiger partial charge >= 0.3 is 0 Å². The minimum absolute atomic E-state index is 0. The van der Waals surface area contributed by atoms with Crippen LogP contribution in [0.1, 0.15) is 26.0 Å². The maximum Gasteiger partial charge on any atom is 0.191 e. The lowest BCUT2D eigenvalue weighted by molar-refractivity contribution is 0.342. The second-order valence-electron chi connectivity index (χ2n) is 5.57. The Hall–Kier alpha value is -0.830. The van der Waals surface area contributed by atoms with E-state index in [9.17, 15) is 0 Å². The molecule has 1 aliphatic heterocycles. The first-order valence-electron chi connectivity index (χ1n) is 7.94. The molecule has 126 valence electrons. The van der Waals surface area contributed by atoms with Crippen LogP contribution >= 0.6 is 24.0 Å². The van der Waals surface area contributed by atoms with E-state index in [1.165, 1.54) is 19.5 Å². The van der Waals surface area contributed by atoms with Gasteiger partial charge < -0.3 is 15.5 Å². The fourth-order valence-corrected chi connectivity index (χ4v) is 2.67. The van der Waals surface area contributed by atoms with E-state index in [-0.39, 0.29) is 24.0 Å². The van der Waals surface area contributed by atoms with Crippen molar-refractivity contribution >= 4 is 29.9 Å². The molecule has 2 rings (SSSR count). The molecule has 1 aliphatic rings. The summed E-state index contributed by atoms with van der Waals surface area (Å²) >= 11 is 0. The Morgan fingerprint density at radius 2 is 2.23 bits per heavy atom. The molecule has 1 atom stereocenters. The molecular weight excluding hydrogens is 391 g/mol. The number of guanidine groups is 1. The van der Waals surface area contributed by atoms with Crippen molar-refractivity contribution < 1.29 is 0 Å². The summed E-state index contributed by atoms with van der Waals surface area (Å²) in [5.41, 5.74) is 1.12. The molecular formula is C15H29IN6. The summed E-state index contributed by atoms with van der Waals surface area (Å²) in [6.45, 7) is 10.4. The second kappa shape index (κ2) is 10.0. The molecule has 6 nitrogen and oxygen atoms in total. The Morgan fingerprint density at radius 1 is 1.41 bits per heavy atom. The van der Waals surface area contributed by atoms with Crippen molar-refractivity contribution in [3.63, 3.8) is 0 Å². The molecule has 0 saturated carbocycles. The minimum Gasteiger partial charge on any atom is -0.357 e. The van der Waals surface area contributed by atoms with Gasteiger partial charge in [0.15, 0.2) is 5.96 Å². The Morgan fingerprint density at radius 3 is 2.82 bits per heavy atom. The van der Waals surface area contributed by atoms with Crippen molar-refractivity contribution in [2.75, 3.05) is 32.7 Å². The van der Waals surface area contributed by atoms with Crippen LogP contribution in [0.15, 0.2) is 17.3 Å². The van der Waals surface area contributed by atoms with Crippen LogP contribution in [0.5, 0.6) is 0 Å².